The maximum absolute atomic E-state index is 12.2. The molecule has 5 N–H and O–H groups in total. The zero-order chi connectivity index (χ0) is 33.8. The summed E-state index contributed by atoms with van der Waals surface area (Å²) >= 11 is 0. The van der Waals surface area contributed by atoms with E-state index in [-0.39, 0.29) is 52.9 Å². The molecule has 0 bridgehead atoms. The Kier molecular flexibility index (Phi) is 10.5. The van der Waals surface area contributed by atoms with E-state index in [4.69, 9.17) is 14.2 Å². The number of aliphatic carboxylic acids is 1. The van der Waals surface area contributed by atoms with Crippen LogP contribution in [0.15, 0.2) is 24.3 Å². The van der Waals surface area contributed by atoms with Crippen molar-refractivity contribution in [2.45, 2.75) is 142 Å². The minimum Gasteiger partial charge on any atom is -0.481 e. The third-order valence-electron chi connectivity index (χ3n) is 13.2. The van der Waals surface area contributed by atoms with Crippen molar-refractivity contribution in [2.75, 3.05) is 13.7 Å². The SMILES string of the molecule is C=C(C)[C@@H]1CC[C@]2(C)[C@H](C[C@@H](O[C@@H]3OC[C@H](O)[C@H](O)[C@H]3O)[C@@H]3[C@@H]([C@@](C)(O)CC=CC(C)(C)OC)CC[C@]32C)[C@@]1(C)CCC(=O)O. The van der Waals surface area contributed by atoms with Crippen LogP contribution in [0.1, 0.15) is 99.8 Å². The van der Waals surface area contributed by atoms with Crippen molar-refractivity contribution in [3.05, 3.63) is 24.3 Å². The smallest absolute Gasteiger partial charge is 0.303 e. The first-order chi connectivity index (χ1) is 20.7. The predicted molar refractivity (Wildman–Crippen MR) is 171 cm³/mol. The molecule has 1 aliphatic heterocycles. The topological polar surface area (TPSA) is 146 Å². The summed E-state index contributed by atoms with van der Waals surface area (Å²) in [5.74, 6) is -0.805. The Morgan fingerprint density at radius 1 is 1.07 bits per heavy atom. The highest BCUT2D eigenvalue weighted by Gasteiger charge is 2.70. The maximum Gasteiger partial charge on any atom is 0.303 e. The number of rotatable bonds is 11. The summed E-state index contributed by atoms with van der Waals surface area (Å²) in [6, 6.07) is 0. The van der Waals surface area contributed by atoms with E-state index in [0.717, 1.165) is 31.3 Å². The molecular formula is C36H60O9. The average Bonchev–Trinajstić information content (AvgIpc) is 3.33. The number of carbonyl (C=O) groups is 1. The summed E-state index contributed by atoms with van der Waals surface area (Å²) in [7, 11) is 1.66. The molecule has 3 aliphatic carbocycles. The number of carboxylic acids is 1. The summed E-state index contributed by atoms with van der Waals surface area (Å²) in [6.45, 7) is 19.0. The number of methoxy groups -OCH3 is 1. The van der Waals surface area contributed by atoms with Crippen LogP contribution in [0.2, 0.25) is 0 Å². The number of carboxylic acid groups (broad SMARTS) is 1. The Bertz CT molecular complexity index is 1120. The number of fused-ring (bicyclic) bond motifs is 3. The third-order valence-corrected chi connectivity index (χ3v) is 13.2. The molecule has 4 rings (SSSR count). The van der Waals surface area contributed by atoms with E-state index in [0.29, 0.717) is 19.3 Å². The monoisotopic (exact) mass is 636 g/mol. The standard InChI is InChI=1S/C36H60O9/c1-21(2)22-11-17-34(6)26(33(22,5)16-13-27(38)39)19-25(45-31-30(41)29(40)24(37)20-44-31)28-23(12-18-35(28,34)7)36(8,42)15-10-14-32(3,4)43-9/h10,14,22-26,28-31,37,40-42H,1,11-13,15-20H2,2-9H3,(H,38,39)/t22-,23-,24-,25+,26+,28-,29-,30+,31-,33-,34+,35+,36-/m0/s1. The molecule has 0 spiro atoms. The second kappa shape index (κ2) is 12.9. The van der Waals surface area contributed by atoms with Gasteiger partial charge in [-0.25, -0.2) is 0 Å². The minimum atomic E-state index is -1.43. The van der Waals surface area contributed by atoms with Crippen LogP contribution >= 0.6 is 0 Å². The van der Waals surface area contributed by atoms with Crippen molar-refractivity contribution >= 4 is 5.97 Å². The largest absolute Gasteiger partial charge is 0.481 e. The lowest BCUT2D eigenvalue weighted by atomic mass is 9.37. The molecule has 0 aromatic carbocycles. The van der Waals surface area contributed by atoms with Crippen molar-refractivity contribution < 1.29 is 44.5 Å². The fourth-order valence-electron chi connectivity index (χ4n) is 10.3. The number of aliphatic hydroxyl groups is 4. The second-order valence-corrected chi connectivity index (χ2v) is 16.3. The molecule has 0 aromatic heterocycles. The van der Waals surface area contributed by atoms with E-state index in [2.05, 4.69) is 27.4 Å². The molecule has 45 heavy (non-hydrogen) atoms. The van der Waals surface area contributed by atoms with E-state index in [1.807, 2.05) is 39.8 Å². The van der Waals surface area contributed by atoms with Crippen LogP contribution in [0.4, 0.5) is 0 Å². The molecule has 0 radical (unpaired) electrons. The molecular weight excluding hydrogens is 576 g/mol. The number of ether oxygens (including phenoxy) is 3. The van der Waals surface area contributed by atoms with Gasteiger partial charge in [0.2, 0.25) is 0 Å². The second-order valence-electron chi connectivity index (χ2n) is 16.3. The van der Waals surface area contributed by atoms with Gasteiger partial charge in [0.25, 0.3) is 0 Å². The highest BCUT2D eigenvalue weighted by molar-refractivity contribution is 5.66. The zero-order valence-corrected chi connectivity index (χ0v) is 28.8. The van der Waals surface area contributed by atoms with Gasteiger partial charge in [0, 0.05) is 13.5 Å². The Morgan fingerprint density at radius 3 is 2.31 bits per heavy atom. The van der Waals surface area contributed by atoms with Crippen LogP contribution in [-0.2, 0) is 19.0 Å². The molecule has 0 aromatic rings. The summed E-state index contributed by atoms with van der Waals surface area (Å²) in [6.07, 6.45) is 3.53. The molecule has 1 heterocycles. The first kappa shape index (κ1) is 36.5. The van der Waals surface area contributed by atoms with Gasteiger partial charge in [-0.1, -0.05) is 45.1 Å². The summed E-state index contributed by atoms with van der Waals surface area (Å²) in [5.41, 5.74) is -1.25. The van der Waals surface area contributed by atoms with Gasteiger partial charge in [-0.2, -0.15) is 0 Å². The normalized spacial score (nSPS) is 45.1. The predicted octanol–water partition coefficient (Wildman–Crippen LogP) is 4.85. The fourth-order valence-corrected chi connectivity index (χ4v) is 10.3. The lowest BCUT2D eigenvalue weighted by Crippen LogP contribution is -2.65. The quantitative estimate of drug-likeness (QED) is 0.159. The van der Waals surface area contributed by atoms with Gasteiger partial charge in [0.05, 0.1) is 23.9 Å². The van der Waals surface area contributed by atoms with Crippen molar-refractivity contribution in [1.29, 1.82) is 0 Å². The first-order valence-corrected chi connectivity index (χ1v) is 16.9. The number of aliphatic hydroxyl groups excluding tert-OH is 3. The van der Waals surface area contributed by atoms with Gasteiger partial charge in [-0.15, -0.1) is 0 Å². The minimum absolute atomic E-state index is 0.0640. The zero-order valence-electron chi connectivity index (χ0n) is 28.8. The molecule has 9 nitrogen and oxygen atoms in total. The lowest BCUT2D eigenvalue weighted by molar-refractivity contribution is -0.312. The molecule has 9 heteroatoms. The van der Waals surface area contributed by atoms with Crippen LogP contribution in [0.3, 0.4) is 0 Å². The van der Waals surface area contributed by atoms with Gasteiger partial charge in [0.15, 0.2) is 6.29 Å². The lowest BCUT2D eigenvalue weighted by Gasteiger charge is -2.68. The van der Waals surface area contributed by atoms with Crippen molar-refractivity contribution in [3.63, 3.8) is 0 Å². The Labute approximate surface area is 270 Å². The Balaban J connectivity index is 1.78. The average molecular weight is 637 g/mol. The molecule has 0 unspecified atom stereocenters. The molecule has 0 amide bonds. The van der Waals surface area contributed by atoms with E-state index < -0.39 is 47.9 Å². The molecule has 4 aliphatic rings. The highest BCUT2D eigenvalue weighted by atomic mass is 16.7. The first-order valence-electron chi connectivity index (χ1n) is 16.9. The summed E-state index contributed by atoms with van der Waals surface area (Å²) in [4.78, 5) is 11.9. The number of hydrogen-bond donors (Lipinski definition) is 5. The van der Waals surface area contributed by atoms with Crippen molar-refractivity contribution in [1.82, 2.24) is 0 Å². The summed E-state index contributed by atoms with van der Waals surface area (Å²) in [5, 5.41) is 53.5. The molecule has 4 fully saturated rings. The van der Waals surface area contributed by atoms with Crippen LogP contribution in [0, 0.1) is 39.9 Å². The van der Waals surface area contributed by atoms with Gasteiger partial charge < -0.3 is 39.7 Å². The molecule has 13 atom stereocenters. The molecule has 258 valence electrons. The van der Waals surface area contributed by atoms with Crippen LogP contribution < -0.4 is 0 Å². The van der Waals surface area contributed by atoms with Gasteiger partial charge in [-0.05, 0) is 113 Å². The number of hydrogen-bond acceptors (Lipinski definition) is 8. The van der Waals surface area contributed by atoms with Crippen molar-refractivity contribution in [3.8, 4) is 0 Å². The van der Waals surface area contributed by atoms with E-state index in [9.17, 15) is 30.3 Å². The molecule has 1 saturated heterocycles. The highest BCUT2D eigenvalue weighted by Crippen LogP contribution is 2.74. The van der Waals surface area contributed by atoms with E-state index in [1.165, 1.54) is 0 Å². The van der Waals surface area contributed by atoms with E-state index in [1.54, 1.807) is 7.11 Å². The van der Waals surface area contributed by atoms with Crippen LogP contribution in [0.25, 0.3) is 0 Å². The molecule has 3 saturated carbocycles. The third kappa shape index (κ3) is 6.57. The fraction of sp³-hybridized carbons (Fsp3) is 0.861. The Hall–Kier alpha value is -1.33. The van der Waals surface area contributed by atoms with Gasteiger partial charge in [0.1, 0.15) is 18.3 Å². The van der Waals surface area contributed by atoms with Gasteiger partial charge >= 0.3 is 5.97 Å². The summed E-state index contributed by atoms with van der Waals surface area (Å²) < 4.78 is 18.1. The Morgan fingerprint density at radius 2 is 1.71 bits per heavy atom. The van der Waals surface area contributed by atoms with Crippen molar-refractivity contribution in [2.24, 2.45) is 39.9 Å². The van der Waals surface area contributed by atoms with Gasteiger partial charge in [-0.3, -0.25) is 4.79 Å². The van der Waals surface area contributed by atoms with E-state index >= 15 is 0 Å². The van der Waals surface area contributed by atoms with Crippen LogP contribution in [-0.4, -0.2) is 87.1 Å². The van der Waals surface area contributed by atoms with Crippen LogP contribution in [0.5, 0.6) is 0 Å². The number of allylic oxidation sites excluding steroid dienone is 1. The maximum atomic E-state index is 12.2.